The highest BCUT2D eigenvalue weighted by Crippen LogP contribution is 2.39. The molecule has 0 saturated heterocycles. The van der Waals surface area contributed by atoms with E-state index in [1.807, 2.05) is 13.8 Å². The Labute approximate surface area is 114 Å². The lowest BCUT2D eigenvalue weighted by Gasteiger charge is -2.14. The van der Waals surface area contributed by atoms with Gasteiger partial charge in [-0.3, -0.25) is 4.99 Å². The van der Waals surface area contributed by atoms with Crippen molar-refractivity contribution in [3.8, 4) is 5.75 Å². The first kappa shape index (κ1) is 13.8. The summed E-state index contributed by atoms with van der Waals surface area (Å²) in [5.74, 6) is 0.488. The van der Waals surface area contributed by atoms with E-state index in [4.69, 9.17) is 4.74 Å². The Balaban J connectivity index is 2.38. The lowest BCUT2D eigenvalue weighted by Crippen LogP contribution is -2.02. The molecule has 0 radical (unpaired) electrons. The number of nitrogens with zero attached hydrogens (tertiary/aromatic N) is 1. The summed E-state index contributed by atoms with van der Waals surface area (Å²) >= 11 is 0. The average Bonchev–Trinajstić information content (AvgIpc) is 3.22. The lowest BCUT2D eigenvalue weighted by molar-refractivity contribution is 0.286. The Bertz CT molecular complexity index is 504. The molecule has 2 rings (SSSR count). The zero-order chi connectivity index (χ0) is 13.8. The number of benzene rings is 1. The molecule has 0 N–H and O–H groups in total. The molecule has 102 valence electrons. The summed E-state index contributed by atoms with van der Waals surface area (Å²) in [6.45, 7) is 8.42. The fourth-order valence-corrected chi connectivity index (χ4v) is 1.90. The normalized spacial score (nSPS) is 14.9. The van der Waals surface area contributed by atoms with Crippen LogP contribution in [0.25, 0.3) is 5.57 Å². The molecule has 1 aliphatic rings. The number of aliphatic imine (C=N–C) groups is 1. The van der Waals surface area contributed by atoms with Crippen molar-refractivity contribution in [2.75, 3.05) is 6.61 Å². The summed E-state index contributed by atoms with van der Waals surface area (Å²) in [6.07, 6.45) is 4.82. The Hall–Kier alpha value is -1.64. The van der Waals surface area contributed by atoms with E-state index in [-0.39, 0.29) is 11.6 Å². The third-order valence-electron chi connectivity index (χ3n) is 3.31. The highest BCUT2D eigenvalue weighted by atomic mass is 19.1. The monoisotopic (exact) mass is 261 g/mol. The van der Waals surface area contributed by atoms with Gasteiger partial charge in [-0.2, -0.15) is 0 Å². The molecule has 1 aromatic rings. The molecular weight excluding hydrogens is 241 g/mol. The van der Waals surface area contributed by atoms with Crippen LogP contribution >= 0.6 is 0 Å². The third kappa shape index (κ3) is 3.22. The first-order valence-corrected chi connectivity index (χ1v) is 6.79. The van der Waals surface area contributed by atoms with Crippen LogP contribution < -0.4 is 4.74 Å². The van der Waals surface area contributed by atoms with E-state index in [0.29, 0.717) is 18.2 Å². The summed E-state index contributed by atoms with van der Waals surface area (Å²) in [6, 6.07) is 3.17. The summed E-state index contributed by atoms with van der Waals surface area (Å²) < 4.78 is 19.6. The van der Waals surface area contributed by atoms with Gasteiger partial charge in [-0.1, -0.05) is 13.5 Å². The van der Waals surface area contributed by atoms with E-state index in [2.05, 4.69) is 11.6 Å². The van der Waals surface area contributed by atoms with E-state index in [1.165, 1.54) is 18.9 Å². The van der Waals surface area contributed by atoms with Crippen LogP contribution in [0.5, 0.6) is 5.75 Å². The van der Waals surface area contributed by atoms with Crippen LogP contribution in [0.3, 0.4) is 0 Å². The number of hydrogen-bond donors (Lipinski definition) is 0. The second-order valence-corrected chi connectivity index (χ2v) is 4.87. The summed E-state index contributed by atoms with van der Waals surface area (Å²) in [5, 5.41) is 0. The Morgan fingerprint density at radius 2 is 2.26 bits per heavy atom. The van der Waals surface area contributed by atoms with Gasteiger partial charge in [0.1, 0.15) is 5.69 Å². The van der Waals surface area contributed by atoms with Crippen LogP contribution in [0.4, 0.5) is 10.1 Å². The van der Waals surface area contributed by atoms with Gasteiger partial charge in [0.15, 0.2) is 11.6 Å². The Morgan fingerprint density at radius 3 is 2.84 bits per heavy atom. The van der Waals surface area contributed by atoms with Crippen molar-refractivity contribution < 1.29 is 9.13 Å². The third-order valence-corrected chi connectivity index (χ3v) is 3.31. The van der Waals surface area contributed by atoms with Crippen molar-refractivity contribution in [1.82, 2.24) is 0 Å². The van der Waals surface area contributed by atoms with Gasteiger partial charge in [-0.15, -0.1) is 0 Å². The molecule has 0 aromatic heterocycles. The topological polar surface area (TPSA) is 21.6 Å². The van der Waals surface area contributed by atoms with Gasteiger partial charge in [-0.05, 0) is 49.8 Å². The van der Waals surface area contributed by atoms with E-state index >= 15 is 0 Å². The van der Waals surface area contributed by atoms with Gasteiger partial charge in [0.2, 0.25) is 0 Å². The first-order chi connectivity index (χ1) is 9.17. The molecular formula is C16H20FNO. The average molecular weight is 261 g/mol. The molecule has 1 fully saturated rings. The summed E-state index contributed by atoms with van der Waals surface area (Å²) in [4.78, 5) is 4.28. The van der Waals surface area contributed by atoms with Gasteiger partial charge in [0.05, 0.1) is 6.61 Å². The number of allylic oxidation sites excluding steroid dienone is 1. The second-order valence-electron chi connectivity index (χ2n) is 4.87. The van der Waals surface area contributed by atoms with Crippen LogP contribution in [-0.4, -0.2) is 12.8 Å². The number of halogens is 1. The zero-order valence-electron chi connectivity index (χ0n) is 11.6. The molecule has 0 atom stereocenters. The summed E-state index contributed by atoms with van der Waals surface area (Å²) in [7, 11) is 0. The molecule has 1 aromatic carbocycles. The largest absolute Gasteiger partial charge is 0.488 e. The van der Waals surface area contributed by atoms with E-state index in [0.717, 1.165) is 17.6 Å². The predicted octanol–water partition coefficient (Wildman–Crippen LogP) is 4.76. The van der Waals surface area contributed by atoms with E-state index in [9.17, 15) is 4.39 Å². The van der Waals surface area contributed by atoms with E-state index < -0.39 is 0 Å². The standard InChI is InChI=1S/C16H20FNO/c1-4-11(3)13-8-9-14(17)16(15(13)18-5-2)19-10-12-6-7-12/h5,8-9,12H,3-4,6-7,10H2,1-2H3. The van der Waals surface area contributed by atoms with Crippen molar-refractivity contribution in [2.45, 2.75) is 33.1 Å². The Morgan fingerprint density at radius 1 is 1.53 bits per heavy atom. The highest BCUT2D eigenvalue weighted by Gasteiger charge is 2.24. The van der Waals surface area contributed by atoms with Crippen LogP contribution in [0.2, 0.25) is 0 Å². The SMILES string of the molecule is C=C(CC)c1ccc(F)c(OCC2CC2)c1N=CC. The predicted molar refractivity (Wildman–Crippen MR) is 77.8 cm³/mol. The molecule has 3 heteroatoms. The van der Waals surface area contributed by atoms with Gasteiger partial charge in [0, 0.05) is 11.8 Å². The number of rotatable bonds is 6. The lowest BCUT2D eigenvalue weighted by atomic mass is 10.0. The fourth-order valence-electron chi connectivity index (χ4n) is 1.90. The van der Waals surface area contributed by atoms with Crippen LogP contribution in [0, 0.1) is 11.7 Å². The van der Waals surface area contributed by atoms with Gasteiger partial charge >= 0.3 is 0 Å². The minimum atomic E-state index is -0.353. The first-order valence-electron chi connectivity index (χ1n) is 6.79. The Kier molecular flexibility index (Phi) is 4.35. The van der Waals surface area contributed by atoms with Crippen molar-refractivity contribution in [2.24, 2.45) is 10.9 Å². The van der Waals surface area contributed by atoms with Gasteiger partial charge in [0.25, 0.3) is 0 Å². The maximum absolute atomic E-state index is 14.0. The minimum Gasteiger partial charge on any atom is -0.488 e. The fraction of sp³-hybridized carbons (Fsp3) is 0.438. The molecule has 0 spiro atoms. The molecule has 0 aliphatic heterocycles. The molecule has 1 saturated carbocycles. The van der Waals surface area contributed by atoms with Gasteiger partial charge < -0.3 is 4.74 Å². The van der Waals surface area contributed by atoms with Crippen LogP contribution in [-0.2, 0) is 0 Å². The number of ether oxygens (including phenoxy) is 1. The second kappa shape index (κ2) is 6.00. The van der Waals surface area contributed by atoms with Crippen molar-refractivity contribution in [1.29, 1.82) is 0 Å². The van der Waals surface area contributed by atoms with Crippen molar-refractivity contribution in [3.63, 3.8) is 0 Å². The molecule has 0 bridgehead atoms. The minimum absolute atomic E-state index is 0.261. The van der Waals surface area contributed by atoms with Crippen LogP contribution in [0.15, 0.2) is 23.7 Å². The van der Waals surface area contributed by atoms with Crippen molar-refractivity contribution in [3.05, 3.63) is 30.1 Å². The smallest absolute Gasteiger partial charge is 0.181 e. The maximum atomic E-state index is 14.0. The van der Waals surface area contributed by atoms with Gasteiger partial charge in [-0.25, -0.2) is 4.39 Å². The van der Waals surface area contributed by atoms with E-state index in [1.54, 1.807) is 12.3 Å². The summed E-state index contributed by atoms with van der Waals surface area (Å²) in [5.41, 5.74) is 2.37. The highest BCUT2D eigenvalue weighted by molar-refractivity contribution is 5.79. The number of hydrogen-bond acceptors (Lipinski definition) is 2. The molecule has 0 amide bonds. The molecule has 0 heterocycles. The zero-order valence-corrected chi connectivity index (χ0v) is 11.6. The van der Waals surface area contributed by atoms with Crippen LogP contribution in [0.1, 0.15) is 38.7 Å². The molecule has 1 aliphatic carbocycles. The molecule has 0 unspecified atom stereocenters. The maximum Gasteiger partial charge on any atom is 0.181 e. The van der Waals surface area contributed by atoms with Crippen molar-refractivity contribution >= 4 is 17.5 Å². The molecule has 19 heavy (non-hydrogen) atoms. The molecule has 2 nitrogen and oxygen atoms in total. The quantitative estimate of drug-likeness (QED) is 0.676.